The molecule has 94 valence electrons. The zero-order valence-corrected chi connectivity index (χ0v) is 10.5. The monoisotopic (exact) mass is 236 g/mol. The second-order valence-corrected chi connectivity index (χ2v) is 4.55. The summed E-state index contributed by atoms with van der Waals surface area (Å²) < 4.78 is 0. The number of hydrazine groups is 1. The van der Waals surface area contributed by atoms with Crippen LogP contribution in [-0.4, -0.2) is 16.9 Å². The van der Waals surface area contributed by atoms with Gasteiger partial charge < -0.3 is 10.7 Å². The number of carbonyl (C=O) groups is 1. The molecule has 1 aromatic rings. The minimum Gasteiger partial charge on any atom is -0.349 e. The first-order valence-electron chi connectivity index (χ1n) is 5.77. The van der Waals surface area contributed by atoms with E-state index in [0.717, 1.165) is 6.42 Å². The molecule has 5 nitrogen and oxygen atoms in total. The smallest absolute Gasteiger partial charge is 0.255 e. The summed E-state index contributed by atoms with van der Waals surface area (Å²) in [6.07, 6.45) is 2.53. The lowest BCUT2D eigenvalue weighted by Crippen LogP contribution is -2.34. The molecule has 0 aromatic carbocycles. The Kier molecular flexibility index (Phi) is 4.90. The molecular weight excluding hydrogens is 216 g/mol. The van der Waals surface area contributed by atoms with Crippen molar-refractivity contribution in [3.8, 4) is 0 Å². The molecule has 1 rings (SSSR count). The Bertz CT molecular complexity index is 379. The maximum Gasteiger partial charge on any atom is 0.255 e. The maximum atomic E-state index is 12.0. The van der Waals surface area contributed by atoms with Crippen molar-refractivity contribution in [2.24, 2.45) is 11.8 Å². The van der Waals surface area contributed by atoms with Crippen LogP contribution in [0.3, 0.4) is 0 Å². The zero-order valence-electron chi connectivity index (χ0n) is 10.5. The number of nitrogen functional groups attached to an aromatic ring is 1. The molecule has 1 atom stereocenters. The molecule has 0 fully saturated rings. The summed E-state index contributed by atoms with van der Waals surface area (Å²) in [4.78, 5) is 16.0. The number of pyridine rings is 1. The van der Waals surface area contributed by atoms with Gasteiger partial charge in [-0.15, -0.1) is 0 Å². The van der Waals surface area contributed by atoms with E-state index in [1.165, 1.54) is 0 Å². The summed E-state index contributed by atoms with van der Waals surface area (Å²) in [6.45, 7) is 6.24. The second kappa shape index (κ2) is 6.20. The molecule has 0 saturated heterocycles. The number of amides is 1. The van der Waals surface area contributed by atoms with E-state index in [1.54, 1.807) is 18.3 Å². The molecule has 4 N–H and O–H groups in total. The van der Waals surface area contributed by atoms with E-state index < -0.39 is 0 Å². The van der Waals surface area contributed by atoms with E-state index in [4.69, 9.17) is 5.84 Å². The summed E-state index contributed by atoms with van der Waals surface area (Å²) in [6, 6.07) is 3.54. The zero-order chi connectivity index (χ0) is 12.8. The van der Waals surface area contributed by atoms with Crippen molar-refractivity contribution in [3.05, 3.63) is 23.9 Å². The summed E-state index contributed by atoms with van der Waals surface area (Å²) in [5.74, 6) is 6.09. The molecule has 17 heavy (non-hydrogen) atoms. The number of hydrogen-bond donors (Lipinski definition) is 3. The molecule has 0 saturated carbocycles. The third-order valence-corrected chi connectivity index (χ3v) is 2.39. The van der Waals surface area contributed by atoms with E-state index >= 15 is 0 Å². The molecule has 0 spiro atoms. The molecule has 1 heterocycles. The van der Waals surface area contributed by atoms with Gasteiger partial charge in [-0.05, 0) is 31.4 Å². The number of rotatable bonds is 5. The Hall–Kier alpha value is -1.62. The Morgan fingerprint density at radius 2 is 2.18 bits per heavy atom. The Morgan fingerprint density at radius 1 is 1.47 bits per heavy atom. The van der Waals surface area contributed by atoms with Crippen molar-refractivity contribution in [3.63, 3.8) is 0 Å². The average molecular weight is 236 g/mol. The normalized spacial score (nSPS) is 12.3. The van der Waals surface area contributed by atoms with Crippen molar-refractivity contribution in [2.75, 3.05) is 5.43 Å². The van der Waals surface area contributed by atoms with Gasteiger partial charge in [-0.1, -0.05) is 13.8 Å². The fourth-order valence-electron chi connectivity index (χ4n) is 1.77. The van der Waals surface area contributed by atoms with Crippen LogP contribution in [0.2, 0.25) is 0 Å². The number of nitrogens with zero attached hydrogens (tertiary/aromatic N) is 1. The molecule has 5 heteroatoms. The molecule has 0 aliphatic heterocycles. The lowest BCUT2D eigenvalue weighted by molar-refractivity contribution is 0.0936. The predicted octanol–water partition coefficient (Wildman–Crippen LogP) is 1.53. The highest BCUT2D eigenvalue weighted by Crippen LogP contribution is 2.11. The molecule has 1 unspecified atom stereocenters. The fraction of sp³-hybridized carbons (Fsp3) is 0.500. The van der Waals surface area contributed by atoms with Crippen LogP contribution >= 0.6 is 0 Å². The first kappa shape index (κ1) is 13.4. The molecule has 0 aliphatic carbocycles. The highest BCUT2D eigenvalue weighted by Gasteiger charge is 2.14. The average Bonchev–Trinajstić information content (AvgIpc) is 2.27. The highest BCUT2D eigenvalue weighted by atomic mass is 16.1. The van der Waals surface area contributed by atoms with Gasteiger partial charge in [-0.2, -0.15) is 0 Å². The van der Waals surface area contributed by atoms with E-state index in [-0.39, 0.29) is 11.9 Å². The van der Waals surface area contributed by atoms with Crippen LogP contribution in [0.25, 0.3) is 0 Å². The first-order valence-corrected chi connectivity index (χ1v) is 5.77. The SMILES string of the molecule is CC(C)CC(C)NC(=O)c1cccnc1NN. The van der Waals surface area contributed by atoms with Crippen molar-refractivity contribution in [2.45, 2.75) is 33.2 Å². The van der Waals surface area contributed by atoms with Gasteiger partial charge in [0.05, 0.1) is 5.56 Å². The quantitative estimate of drug-likeness (QED) is 0.535. The van der Waals surface area contributed by atoms with Gasteiger partial charge in [0.15, 0.2) is 5.82 Å². The van der Waals surface area contributed by atoms with Crippen molar-refractivity contribution in [1.29, 1.82) is 0 Å². The summed E-state index contributed by atoms with van der Waals surface area (Å²) in [5, 5.41) is 2.93. The predicted molar refractivity (Wildman–Crippen MR) is 68.4 cm³/mol. The van der Waals surface area contributed by atoms with Crippen LogP contribution in [0.5, 0.6) is 0 Å². The van der Waals surface area contributed by atoms with Crippen LogP contribution in [0, 0.1) is 5.92 Å². The van der Waals surface area contributed by atoms with Gasteiger partial charge >= 0.3 is 0 Å². The largest absolute Gasteiger partial charge is 0.349 e. The second-order valence-electron chi connectivity index (χ2n) is 4.55. The molecule has 0 aliphatic rings. The van der Waals surface area contributed by atoms with Gasteiger partial charge in [0.1, 0.15) is 0 Å². The third kappa shape index (κ3) is 4.03. The van der Waals surface area contributed by atoms with Crippen molar-refractivity contribution < 1.29 is 4.79 Å². The number of hydrogen-bond acceptors (Lipinski definition) is 4. The molecule has 1 amide bonds. The van der Waals surface area contributed by atoms with Crippen LogP contribution in [-0.2, 0) is 0 Å². The number of aromatic nitrogens is 1. The van der Waals surface area contributed by atoms with Crippen molar-refractivity contribution in [1.82, 2.24) is 10.3 Å². The number of carbonyl (C=O) groups excluding carboxylic acids is 1. The lowest BCUT2D eigenvalue weighted by Gasteiger charge is -2.16. The first-order chi connectivity index (χ1) is 8.04. The molecule has 0 bridgehead atoms. The standard InChI is InChI=1S/C12H20N4O/c1-8(2)7-9(3)15-12(17)10-5-4-6-14-11(10)16-13/h4-6,8-9H,7,13H2,1-3H3,(H,14,16)(H,15,17). The van der Waals surface area contributed by atoms with E-state index in [0.29, 0.717) is 17.3 Å². The summed E-state index contributed by atoms with van der Waals surface area (Å²) in [7, 11) is 0. The van der Waals surface area contributed by atoms with Crippen LogP contribution in [0.1, 0.15) is 37.6 Å². The number of anilines is 1. The van der Waals surface area contributed by atoms with Gasteiger partial charge in [-0.25, -0.2) is 10.8 Å². The number of nitrogens with one attached hydrogen (secondary N) is 2. The maximum absolute atomic E-state index is 12.0. The minimum absolute atomic E-state index is 0.133. The Morgan fingerprint density at radius 3 is 2.76 bits per heavy atom. The summed E-state index contributed by atoms with van der Waals surface area (Å²) >= 11 is 0. The van der Waals surface area contributed by atoms with Crippen molar-refractivity contribution >= 4 is 11.7 Å². The van der Waals surface area contributed by atoms with E-state index in [2.05, 4.69) is 29.6 Å². The Balaban J connectivity index is 2.69. The third-order valence-electron chi connectivity index (χ3n) is 2.39. The Labute approximate surface area is 102 Å². The molecular formula is C12H20N4O. The lowest BCUT2D eigenvalue weighted by atomic mass is 10.0. The van der Waals surface area contributed by atoms with Crippen LogP contribution < -0.4 is 16.6 Å². The molecule has 1 aromatic heterocycles. The van der Waals surface area contributed by atoms with E-state index in [1.807, 2.05) is 6.92 Å². The van der Waals surface area contributed by atoms with Gasteiger partial charge in [-0.3, -0.25) is 4.79 Å². The molecule has 0 radical (unpaired) electrons. The minimum atomic E-state index is -0.154. The van der Waals surface area contributed by atoms with E-state index in [9.17, 15) is 4.79 Å². The van der Waals surface area contributed by atoms with Gasteiger partial charge in [0, 0.05) is 12.2 Å². The van der Waals surface area contributed by atoms with Gasteiger partial charge in [0.2, 0.25) is 0 Å². The van der Waals surface area contributed by atoms with Crippen LogP contribution in [0.15, 0.2) is 18.3 Å². The fourth-order valence-corrected chi connectivity index (χ4v) is 1.77. The topological polar surface area (TPSA) is 80.0 Å². The number of nitrogens with two attached hydrogens (primary N) is 1. The van der Waals surface area contributed by atoms with Gasteiger partial charge in [0.25, 0.3) is 5.91 Å². The summed E-state index contributed by atoms with van der Waals surface area (Å²) in [5.41, 5.74) is 2.88. The highest BCUT2D eigenvalue weighted by molar-refractivity contribution is 5.98. The van der Waals surface area contributed by atoms with Crippen LogP contribution in [0.4, 0.5) is 5.82 Å².